The Hall–Kier alpha value is -2.55. The van der Waals surface area contributed by atoms with Gasteiger partial charge in [0.1, 0.15) is 0 Å². The van der Waals surface area contributed by atoms with Crippen molar-refractivity contribution in [1.29, 1.82) is 0 Å². The summed E-state index contributed by atoms with van der Waals surface area (Å²) in [6.07, 6.45) is 1.76. The number of rotatable bonds is 7. The Morgan fingerprint density at radius 2 is 1.72 bits per heavy atom. The molecule has 0 fully saturated rings. The lowest BCUT2D eigenvalue weighted by atomic mass is 10.0. The van der Waals surface area contributed by atoms with Gasteiger partial charge in [0.25, 0.3) is 0 Å². The van der Waals surface area contributed by atoms with Gasteiger partial charge in [0, 0.05) is 25.0 Å². The molecule has 3 aromatic rings. The first-order valence-electron chi connectivity index (χ1n) is 9.15. The fraction of sp³-hybridized carbons (Fsp3) is 0.238. The van der Waals surface area contributed by atoms with E-state index in [1.54, 1.807) is 30.5 Å². The number of nitrogens with one attached hydrogen (secondary N) is 1. The van der Waals surface area contributed by atoms with Crippen molar-refractivity contribution in [2.75, 3.05) is 19.5 Å². The number of benzene rings is 2. The van der Waals surface area contributed by atoms with Gasteiger partial charge in [-0.05, 0) is 29.2 Å². The van der Waals surface area contributed by atoms with Gasteiger partial charge in [0.2, 0.25) is 15.2 Å². The number of thiazole rings is 1. The molecule has 0 amide bonds. The van der Waals surface area contributed by atoms with Crippen molar-refractivity contribution in [1.82, 2.24) is 9.29 Å². The average Bonchev–Trinajstić information content (AvgIpc) is 3.17. The number of hydrogen-bond donors (Lipinski definition) is 1. The maximum absolute atomic E-state index is 12.2. The van der Waals surface area contributed by atoms with E-state index in [9.17, 15) is 8.42 Å². The number of sulfonamides is 1. The van der Waals surface area contributed by atoms with Gasteiger partial charge in [0.05, 0.1) is 16.8 Å². The van der Waals surface area contributed by atoms with E-state index in [0.29, 0.717) is 11.0 Å². The van der Waals surface area contributed by atoms with Gasteiger partial charge < -0.3 is 0 Å². The number of nitrogens with zero attached hydrogens (tertiary/aromatic N) is 3. The fourth-order valence-corrected chi connectivity index (χ4v) is 4.17. The van der Waals surface area contributed by atoms with Gasteiger partial charge in [-0.25, -0.2) is 17.7 Å². The standard InChI is InChI=1S/C21H24N4O2S2/c1-15(2)17-7-5-16(6-8-17)13-22-24-21-23-20(14-28-21)18-9-11-19(12-10-18)29(26,27)25(3)4/h5-15H,1-4H3,(H,23,24)/b22-13-. The first-order valence-corrected chi connectivity index (χ1v) is 11.5. The van der Waals surface area contributed by atoms with E-state index in [2.05, 4.69) is 41.5 Å². The van der Waals surface area contributed by atoms with Crippen molar-refractivity contribution in [3.8, 4) is 11.3 Å². The smallest absolute Gasteiger partial charge is 0.242 e. The Kier molecular flexibility index (Phi) is 6.46. The topological polar surface area (TPSA) is 74.7 Å². The summed E-state index contributed by atoms with van der Waals surface area (Å²) in [6, 6.07) is 15.0. The summed E-state index contributed by atoms with van der Waals surface area (Å²) in [5, 5.41) is 6.82. The van der Waals surface area contributed by atoms with Crippen molar-refractivity contribution in [2.45, 2.75) is 24.7 Å². The zero-order valence-electron chi connectivity index (χ0n) is 16.8. The van der Waals surface area contributed by atoms with Crippen LogP contribution in [0.15, 0.2) is 63.9 Å². The molecule has 29 heavy (non-hydrogen) atoms. The van der Waals surface area contributed by atoms with Crippen molar-refractivity contribution >= 4 is 32.7 Å². The molecular formula is C21H24N4O2S2. The second-order valence-corrected chi connectivity index (χ2v) is 10.1. The SMILES string of the molecule is CC(C)c1ccc(/C=N\Nc2nc(-c3ccc(S(=O)(=O)N(C)C)cc3)cs2)cc1. The zero-order chi connectivity index (χ0) is 21.0. The molecule has 0 aliphatic rings. The van der Waals surface area contributed by atoms with Gasteiger partial charge in [-0.2, -0.15) is 5.10 Å². The summed E-state index contributed by atoms with van der Waals surface area (Å²) in [4.78, 5) is 4.77. The van der Waals surface area contributed by atoms with Gasteiger partial charge in [-0.1, -0.05) is 50.2 Å². The highest BCUT2D eigenvalue weighted by Gasteiger charge is 2.17. The van der Waals surface area contributed by atoms with Crippen molar-refractivity contribution < 1.29 is 8.42 Å². The molecule has 1 N–H and O–H groups in total. The Bertz CT molecular complexity index is 1080. The van der Waals surface area contributed by atoms with Gasteiger partial charge in [-0.3, -0.25) is 5.43 Å². The van der Waals surface area contributed by atoms with Crippen LogP contribution in [0.3, 0.4) is 0 Å². The molecule has 0 spiro atoms. The number of aromatic nitrogens is 1. The van der Waals surface area contributed by atoms with Crippen LogP contribution in [0.25, 0.3) is 11.3 Å². The maximum atomic E-state index is 12.2. The molecule has 0 aliphatic carbocycles. The summed E-state index contributed by atoms with van der Waals surface area (Å²) < 4.78 is 25.5. The lowest BCUT2D eigenvalue weighted by Crippen LogP contribution is -2.22. The zero-order valence-corrected chi connectivity index (χ0v) is 18.5. The van der Waals surface area contributed by atoms with Gasteiger partial charge in [-0.15, -0.1) is 11.3 Å². The number of hydrogen-bond acceptors (Lipinski definition) is 6. The van der Waals surface area contributed by atoms with Crippen LogP contribution in [0.4, 0.5) is 5.13 Å². The minimum absolute atomic E-state index is 0.257. The molecule has 0 bridgehead atoms. The molecule has 1 heterocycles. The molecule has 0 saturated heterocycles. The van der Waals surface area contributed by atoms with Crippen LogP contribution in [-0.2, 0) is 10.0 Å². The van der Waals surface area contributed by atoms with E-state index in [-0.39, 0.29) is 4.90 Å². The maximum Gasteiger partial charge on any atom is 0.242 e. The predicted molar refractivity (Wildman–Crippen MR) is 120 cm³/mol. The molecule has 0 radical (unpaired) electrons. The average molecular weight is 429 g/mol. The molecule has 1 aromatic heterocycles. The summed E-state index contributed by atoms with van der Waals surface area (Å²) in [7, 11) is -0.403. The Balaban J connectivity index is 1.66. The summed E-state index contributed by atoms with van der Waals surface area (Å²) in [5.74, 6) is 0.505. The van der Waals surface area contributed by atoms with Gasteiger partial charge >= 0.3 is 0 Å². The lowest BCUT2D eigenvalue weighted by Gasteiger charge is -2.11. The van der Waals surface area contributed by atoms with E-state index >= 15 is 0 Å². The molecule has 0 unspecified atom stereocenters. The fourth-order valence-electron chi connectivity index (χ4n) is 2.60. The Morgan fingerprint density at radius 1 is 1.07 bits per heavy atom. The lowest BCUT2D eigenvalue weighted by molar-refractivity contribution is 0.521. The predicted octanol–water partition coefficient (Wildman–Crippen LogP) is 4.63. The van der Waals surface area contributed by atoms with E-state index in [1.165, 1.54) is 35.3 Å². The molecule has 152 valence electrons. The van der Waals surface area contributed by atoms with Crippen LogP contribution in [0.1, 0.15) is 30.9 Å². The highest BCUT2D eigenvalue weighted by Crippen LogP contribution is 2.26. The van der Waals surface area contributed by atoms with Crippen LogP contribution in [0.2, 0.25) is 0 Å². The summed E-state index contributed by atoms with van der Waals surface area (Å²) >= 11 is 1.44. The molecule has 2 aromatic carbocycles. The second-order valence-electron chi connectivity index (χ2n) is 7.04. The number of hydrazone groups is 1. The van der Waals surface area contributed by atoms with E-state index in [4.69, 9.17) is 0 Å². The molecule has 6 nitrogen and oxygen atoms in total. The molecule has 3 rings (SSSR count). The molecule has 0 aliphatic heterocycles. The molecular weight excluding hydrogens is 404 g/mol. The third-order valence-electron chi connectivity index (χ3n) is 4.41. The van der Waals surface area contributed by atoms with Crippen LogP contribution < -0.4 is 5.43 Å². The number of anilines is 1. The minimum atomic E-state index is -3.43. The highest BCUT2D eigenvalue weighted by molar-refractivity contribution is 7.89. The quantitative estimate of drug-likeness (QED) is 0.440. The van der Waals surface area contributed by atoms with Crippen LogP contribution in [0, 0.1) is 0 Å². The Labute approximate surface area is 176 Å². The molecule has 8 heteroatoms. The van der Waals surface area contributed by atoms with Crippen LogP contribution >= 0.6 is 11.3 Å². The highest BCUT2D eigenvalue weighted by atomic mass is 32.2. The van der Waals surface area contributed by atoms with Crippen LogP contribution in [-0.4, -0.2) is 38.0 Å². The molecule has 0 atom stereocenters. The van der Waals surface area contributed by atoms with Gasteiger partial charge in [0.15, 0.2) is 0 Å². The first kappa shape index (κ1) is 21.2. The van der Waals surface area contributed by atoms with E-state index in [1.807, 2.05) is 17.5 Å². The van der Waals surface area contributed by atoms with E-state index < -0.39 is 10.0 Å². The normalized spacial score (nSPS) is 12.2. The largest absolute Gasteiger partial charge is 0.253 e. The Morgan fingerprint density at radius 3 is 2.31 bits per heavy atom. The third kappa shape index (κ3) is 5.09. The first-order chi connectivity index (χ1) is 13.8. The second kappa shape index (κ2) is 8.86. The third-order valence-corrected chi connectivity index (χ3v) is 6.99. The van der Waals surface area contributed by atoms with Crippen molar-refractivity contribution in [3.05, 3.63) is 65.0 Å². The monoisotopic (exact) mass is 428 g/mol. The van der Waals surface area contributed by atoms with Crippen molar-refractivity contribution in [2.24, 2.45) is 5.10 Å². The summed E-state index contributed by atoms with van der Waals surface area (Å²) in [6.45, 7) is 4.33. The van der Waals surface area contributed by atoms with Crippen molar-refractivity contribution in [3.63, 3.8) is 0 Å². The minimum Gasteiger partial charge on any atom is -0.253 e. The molecule has 0 saturated carbocycles. The van der Waals surface area contributed by atoms with Crippen LogP contribution in [0.5, 0.6) is 0 Å². The summed E-state index contributed by atoms with van der Waals surface area (Å²) in [5.41, 5.74) is 6.87. The van der Waals surface area contributed by atoms with E-state index in [0.717, 1.165) is 16.8 Å².